The van der Waals surface area contributed by atoms with Gasteiger partial charge in [0.25, 0.3) is 5.91 Å². The maximum absolute atomic E-state index is 12.7. The van der Waals surface area contributed by atoms with Gasteiger partial charge in [-0.15, -0.1) is 0 Å². The molecule has 1 amide bonds. The zero-order chi connectivity index (χ0) is 16.9. The molecule has 0 aliphatic carbocycles. The van der Waals surface area contributed by atoms with Gasteiger partial charge >= 0.3 is 0 Å². The zero-order valence-corrected chi connectivity index (χ0v) is 14.1. The number of hydrogen-bond acceptors (Lipinski definition) is 4. The first-order valence-corrected chi connectivity index (χ1v) is 7.61. The van der Waals surface area contributed by atoms with E-state index < -0.39 is 0 Å². The smallest absolute Gasteiger partial charge is 0.261 e. The highest BCUT2D eigenvalue weighted by Gasteiger charge is 2.20. The monoisotopic (exact) mass is 313 g/mol. The Morgan fingerprint density at radius 3 is 2.52 bits per heavy atom. The molecule has 122 valence electrons. The summed E-state index contributed by atoms with van der Waals surface area (Å²) >= 11 is 0. The number of carbonyl (C=O) groups excluding carboxylic acids is 1. The molecule has 0 aliphatic heterocycles. The molecular weight excluding hydrogens is 290 g/mol. The zero-order valence-electron chi connectivity index (χ0n) is 14.1. The molecular formula is C18H23N3O2. The summed E-state index contributed by atoms with van der Waals surface area (Å²) in [6, 6.07) is 7.39. The number of nitrogens with zero attached hydrogens (tertiary/aromatic N) is 3. The second kappa shape index (κ2) is 7.33. The molecule has 2 heterocycles. The number of hydrogen-bond donors (Lipinski definition) is 0. The van der Waals surface area contributed by atoms with Crippen LogP contribution in [0, 0.1) is 0 Å². The molecule has 0 radical (unpaired) electrons. The topological polar surface area (TPSA) is 55.3 Å². The van der Waals surface area contributed by atoms with Crippen molar-refractivity contribution in [2.75, 3.05) is 25.2 Å². The van der Waals surface area contributed by atoms with Gasteiger partial charge in [-0.2, -0.15) is 0 Å². The Bertz CT molecular complexity index is 634. The number of aromatic nitrogens is 2. The highest BCUT2D eigenvalue weighted by molar-refractivity contribution is 6.05. The lowest BCUT2D eigenvalue weighted by molar-refractivity contribution is 0.0974. The summed E-state index contributed by atoms with van der Waals surface area (Å²) in [5, 5.41) is 0. The first kappa shape index (κ1) is 17.1. The fourth-order valence-corrected chi connectivity index (χ4v) is 2.14. The van der Waals surface area contributed by atoms with Crippen molar-refractivity contribution in [2.45, 2.75) is 26.2 Å². The van der Waals surface area contributed by atoms with Crippen molar-refractivity contribution in [3.63, 3.8) is 0 Å². The molecule has 0 N–H and O–H groups in total. The number of ether oxygens (including phenoxy) is 1. The summed E-state index contributed by atoms with van der Waals surface area (Å²) in [6.07, 6.45) is 5.03. The predicted molar refractivity (Wildman–Crippen MR) is 90.7 cm³/mol. The number of amides is 1. The summed E-state index contributed by atoms with van der Waals surface area (Å²) < 4.78 is 5.12. The second-order valence-electron chi connectivity index (χ2n) is 6.35. The van der Waals surface area contributed by atoms with Gasteiger partial charge in [0.05, 0.1) is 18.7 Å². The van der Waals surface area contributed by atoms with Crippen molar-refractivity contribution in [1.29, 1.82) is 0 Å². The molecule has 0 unspecified atom stereocenters. The van der Waals surface area contributed by atoms with E-state index in [0.29, 0.717) is 24.5 Å². The molecule has 2 aromatic heterocycles. The number of rotatable bonds is 5. The van der Waals surface area contributed by atoms with Gasteiger partial charge in [0, 0.05) is 25.7 Å². The summed E-state index contributed by atoms with van der Waals surface area (Å²) in [7, 11) is 1.61. The molecule has 0 aliphatic rings. The van der Waals surface area contributed by atoms with Gasteiger partial charge in [-0.25, -0.2) is 4.98 Å². The molecule has 2 aromatic rings. The highest BCUT2D eigenvalue weighted by atomic mass is 16.5. The lowest BCUT2D eigenvalue weighted by atomic mass is 9.88. The minimum Gasteiger partial charge on any atom is -0.383 e. The van der Waals surface area contributed by atoms with E-state index in [-0.39, 0.29) is 11.3 Å². The average Bonchev–Trinajstić information content (AvgIpc) is 2.55. The van der Waals surface area contributed by atoms with Crippen LogP contribution in [0.2, 0.25) is 0 Å². The lowest BCUT2D eigenvalue weighted by Crippen LogP contribution is -2.34. The minimum atomic E-state index is -0.133. The Balaban J connectivity index is 2.29. The molecule has 0 aromatic carbocycles. The molecule has 0 atom stereocenters. The van der Waals surface area contributed by atoms with Gasteiger partial charge < -0.3 is 4.74 Å². The van der Waals surface area contributed by atoms with E-state index >= 15 is 0 Å². The second-order valence-corrected chi connectivity index (χ2v) is 6.35. The molecule has 0 fully saturated rings. The van der Waals surface area contributed by atoms with Crippen molar-refractivity contribution < 1.29 is 9.53 Å². The summed E-state index contributed by atoms with van der Waals surface area (Å²) in [6.45, 7) is 7.27. The molecule has 0 saturated carbocycles. The first-order valence-electron chi connectivity index (χ1n) is 7.61. The summed E-state index contributed by atoms with van der Waals surface area (Å²) in [4.78, 5) is 22.8. The first-order chi connectivity index (χ1) is 10.9. The van der Waals surface area contributed by atoms with Crippen LogP contribution in [0.4, 0.5) is 5.82 Å². The van der Waals surface area contributed by atoms with Gasteiger partial charge in [-0.1, -0.05) is 26.8 Å². The normalized spacial score (nSPS) is 11.3. The largest absolute Gasteiger partial charge is 0.383 e. The predicted octanol–water partition coefficient (Wildman–Crippen LogP) is 3.07. The average molecular weight is 313 g/mol. The Labute approximate surface area is 137 Å². The van der Waals surface area contributed by atoms with Crippen molar-refractivity contribution in [2.24, 2.45) is 0 Å². The van der Waals surface area contributed by atoms with E-state index in [1.807, 2.05) is 18.3 Å². The van der Waals surface area contributed by atoms with Crippen LogP contribution >= 0.6 is 0 Å². The summed E-state index contributed by atoms with van der Waals surface area (Å²) in [5.74, 6) is 0.482. The lowest BCUT2D eigenvalue weighted by Gasteiger charge is -2.23. The Morgan fingerprint density at radius 1 is 1.22 bits per heavy atom. The fraction of sp³-hybridized carbons (Fsp3) is 0.389. The molecule has 0 bridgehead atoms. The number of pyridine rings is 2. The van der Waals surface area contributed by atoms with Crippen LogP contribution in [-0.4, -0.2) is 36.1 Å². The van der Waals surface area contributed by atoms with Gasteiger partial charge in [0.1, 0.15) is 5.82 Å². The van der Waals surface area contributed by atoms with Crippen LogP contribution in [0.15, 0.2) is 42.9 Å². The third-order valence-electron chi connectivity index (χ3n) is 3.56. The summed E-state index contributed by atoms with van der Waals surface area (Å²) in [5.41, 5.74) is 1.68. The van der Waals surface area contributed by atoms with Gasteiger partial charge in [-0.05, 0) is 29.2 Å². The quantitative estimate of drug-likeness (QED) is 0.851. The van der Waals surface area contributed by atoms with Crippen LogP contribution in [0.5, 0.6) is 0 Å². The van der Waals surface area contributed by atoms with Gasteiger partial charge in [0.2, 0.25) is 0 Å². The van der Waals surface area contributed by atoms with Crippen molar-refractivity contribution in [3.05, 3.63) is 54.0 Å². The molecule has 5 nitrogen and oxygen atoms in total. The Morgan fingerprint density at radius 2 is 2.00 bits per heavy atom. The van der Waals surface area contributed by atoms with E-state index in [9.17, 15) is 4.79 Å². The maximum atomic E-state index is 12.7. The van der Waals surface area contributed by atoms with E-state index in [1.165, 1.54) is 0 Å². The molecule has 0 spiro atoms. The fourth-order valence-electron chi connectivity index (χ4n) is 2.14. The van der Waals surface area contributed by atoms with Crippen LogP contribution in [0.3, 0.4) is 0 Å². The van der Waals surface area contributed by atoms with E-state index in [2.05, 4.69) is 30.7 Å². The number of carbonyl (C=O) groups is 1. The van der Waals surface area contributed by atoms with Gasteiger partial charge in [0.15, 0.2) is 0 Å². The van der Waals surface area contributed by atoms with Crippen LogP contribution in [0.25, 0.3) is 0 Å². The van der Waals surface area contributed by atoms with Crippen LogP contribution < -0.4 is 4.90 Å². The van der Waals surface area contributed by atoms with E-state index in [1.54, 1.807) is 36.5 Å². The van der Waals surface area contributed by atoms with Crippen molar-refractivity contribution in [1.82, 2.24) is 9.97 Å². The Kier molecular flexibility index (Phi) is 5.45. The van der Waals surface area contributed by atoms with Crippen LogP contribution in [0.1, 0.15) is 36.7 Å². The number of anilines is 1. The van der Waals surface area contributed by atoms with Gasteiger partial charge in [-0.3, -0.25) is 14.7 Å². The van der Waals surface area contributed by atoms with Crippen molar-refractivity contribution >= 4 is 11.7 Å². The van der Waals surface area contributed by atoms with Crippen LogP contribution in [-0.2, 0) is 10.2 Å². The molecule has 23 heavy (non-hydrogen) atoms. The third kappa shape index (κ3) is 4.36. The minimum absolute atomic E-state index is 0.0241. The molecule has 0 saturated heterocycles. The van der Waals surface area contributed by atoms with Crippen molar-refractivity contribution in [3.8, 4) is 0 Å². The standard InChI is InChI=1S/C18H23N3O2/c1-18(2,3)15-7-8-16(20-13-15)21(10-11-23-4)17(22)14-6-5-9-19-12-14/h5-9,12-13H,10-11H2,1-4H3. The SMILES string of the molecule is COCCN(C(=O)c1cccnc1)c1ccc(C(C)(C)C)cn1. The van der Waals surface area contributed by atoms with E-state index in [0.717, 1.165) is 5.56 Å². The number of methoxy groups -OCH3 is 1. The molecule has 2 rings (SSSR count). The van der Waals surface area contributed by atoms with E-state index in [4.69, 9.17) is 4.74 Å². The Hall–Kier alpha value is -2.27. The highest BCUT2D eigenvalue weighted by Crippen LogP contribution is 2.23. The third-order valence-corrected chi connectivity index (χ3v) is 3.56. The molecule has 5 heteroatoms. The maximum Gasteiger partial charge on any atom is 0.261 e.